The molecule has 0 aliphatic carbocycles. The average molecular weight is 691 g/mol. The van der Waals surface area contributed by atoms with Crippen LogP contribution < -0.4 is 19.7 Å². The van der Waals surface area contributed by atoms with Gasteiger partial charge in [-0.3, -0.25) is 0 Å². The van der Waals surface area contributed by atoms with Gasteiger partial charge in [0.2, 0.25) is 9.84 Å². The summed E-state index contributed by atoms with van der Waals surface area (Å²) in [5, 5.41) is 18.3. The Bertz CT molecular complexity index is 1750. The van der Waals surface area contributed by atoms with Gasteiger partial charge in [0, 0.05) is 44.7 Å². The highest BCUT2D eigenvalue weighted by atomic mass is 32.2. The van der Waals surface area contributed by atoms with Crippen molar-refractivity contribution in [3.8, 4) is 11.5 Å². The number of methoxy groups -OCH3 is 2. The van der Waals surface area contributed by atoms with E-state index in [9.17, 15) is 8.42 Å². The van der Waals surface area contributed by atoms with Crippen molar-refractivity contribution in [1.29, 1.82) is 0 Å². The summed E-state index contributed by atoms with van der Waals surface area (Å²) in [6.07, 6.45) is 1.89. The van der Waals surface area contributed by atoms with Gasteiger partial charge in [-0.2, -0.15) is 5.21 Å². The number of anilines is 1. The molecule has 13 heteroatoms. The van der Waals surface area contributed by atoms with E-state index >= 15 is 0 Å². The van der Waals surface area contributed by atoms with Gasteiger partial charge in [-0.05, 0) is 73.7 Å². The predicted octanol–water partition coefficient (Wildman–Crippen LogP) is 4.95. The highest BCUT2D eigenvalue weighted by Crippen LogP contribution is 2.42. The molecule has 3 heterocycles. The van der Waals surface area contributed by atoms with Crippen molar-refractivity contribution >= 4 is 15.5 Å². The lowest BCUT2D eigenvalue weighted by Gasteiger charge is -2.39. The SMILES string of the molecule is COCCCN1CCOc2ccc(C(O[C@H]3CN[C@@H](C[C@H](C)c4nn[nH]n4)C[C@@H]3c3ccc(OC)cc3)S(=O)(=O)c3ccc(C)cc3)cc21. The van der Waals surface area contributed by atoms with Crippen molar-refractivity contribution in [3.63, 3.8) is 0 Å². The molecule has 12 nitrogen and oxygen atoms in total. The molecular formula is C36H46N6O6S. The molecule has 1 fully saturated rings. The van der Waals surface area contributed by atoms with Gasteiger partial charge in [0.25, 0.3) is 0 Å². The van der Waals surface area contributed by atoms with E-state index in [0.717, 1.165) is 54.1 Å². The van der Waals surface area contributed by atoms with E-state index < -0.39 is 21.4 Å². The molecule has 0 saturated carbocycles. The number of sulfone groups is 1. The Morgan fingerprint density at radius 2 is 1.86 bits per heavy atom. The third kappa shape index (κ3) is 8.07. The van der Waals surface area contributed by atoms with Gasteiger partial charge < -0.3 is 29.2 Å². The molecule has 2 aliphatic heterocycles. The van der Waals surface area contributed by atoms with Crippen molar-refractivity contribution in [2.45, 2.75) is 67.4 Å². The minimum absolute atomic E-state index is 0.0736. The molecule has 6 rings (SSSR count). The third-order valence-electron chi connectivity index (χ3n) is 9.50. The first-order valence-corrected chi connectivity index (χ1v) is 18.4. The lowest BCUT2D eigenvalue weighted by atomic mass is 9.81. The van der Waals surface area contributed by atoms with E-state index in [1.807, 2.05) is 61.5 Å². The number of aromatic amines is 1. The number of nitrogens with one attached hydrogen (secondary N) is 2. The largest absolute Gasteiger partial charge is 0.497 e. The van der Waals surface area contributed by atoms with Crippen LogP contribution in [0, 0.1) is 6.92 Å². The second-order valence-corrected chi connectivity index (χ2v) is 14.9. The van der Waals surface area contributed by atoms with E-state index in [-0.39, 0.29) is 22.8 Å². The topological polar surface area (TPSA) is 141 Å². The first-order valence-electron chi connectivity index (χ1n) is 16.8. The molecule has 0 spiro atoms. The molecule has 2 aliphatic rings. The molecule has 2 N–H and O–H groups in total. The molecule has 1 unspecified atom stereocenters. The summed E-state index contributed by atoms with van der Waals surface area (Å²) in [5.41, 5.74) is 2.19. The molecular weight excluding hydrogens is 644 g/mol. The summed E-state index contributed by atoms with van der Waals surface area (Å²) in [6, 6.07) is 20.7. The number of ether oxygens (including phenoxy) is 4. The summed E-state index contributed by atoms with van der Waals surface area (Å²) in [6.45, 7) is 7.14. The number of H-pyrrole nitrogens is 1. The maximum absolute atomic E-state index is 14.6. The molecule has 1 aromatic heterocycles. The summed E-state index contributed by atoms with van der Waals surface area (Å²) in [7, 11) is -0.654. The Hall–Kier alpha value is -4.04. The monoisotopic (exact) mass is 690 g/mol. The van der Waals surface area contributed by atoms with E-state index in [2.05, 4.69) is 37.8 Å². The molecule has 5 atom stereocenters. The number of piperidine rings is 1. The summed E-state index contributed by atoms with van der Waals surface area (Å²) in [4.78, 5) is 2.44. The minimum atomic E-state index is -3.99. The van der Waals surface area contributed by atoms with Crippen molar-refractivity contribution in [2.24, 2.45) is 0 Å². The van der Waals surface area contributed by atoms with Crippen LogP contribution in [0.25, 0.3) is 0 Å². The zero-order valence-electron chi connectivity index (χ0n) is 28.5. The molecule has 0 amide bonds. The third-order valence-corrected chi connectivity index (χ3v) is 11.4. The van der Waals surface area contributed by atoms with Gasteiger partial charge in [0.1, 0.15) is 18.1 Å². The van der Waals surface area contributed by atoms with Crippen LogP contribution in [0.1, 0.15) is 66.0 Å². The van der Waals surface area contributed by atoms with Crippen LogP contribution in [0.4, 0.5) is 5.69 Å². The maximum atomic E-state index is 14.6. The Morgan fingerprint density at radius 1 is 1.06 bits per heavy atom. The first-order chi connectivity index (χ1) is 23.8. The van der Waals surface area contributed by atoms with Crippen LogP contribution in [-0.4, -0.2) is 88.3 Å². The number of fused-ring (bicyclic) bond motifs is 1. The van der Waals surface area contributed by atoms with E-state index in [1.54, 1.807) is 26.4 Å². The van der Waals surface area contributed by atoms with E-state index in [0.29, 0.717) is 37.7 Å². The summed E-state index contributed by atoms with van der Waals surface area (Å²) in [5.74, 6) is 2.12. The van der Waals surface area contributed by atoms with Gasteiger partial charge in [-0.15, -0.1) is 10.2 Å². The fraction of sp³-hybridized carbons (Fsp3) is 0.472. The van der Waals surface area contributed by atoms with Gasteiger partial charge in [-0.25, -0.2) is 8.42 Å². The van der Waals surface area contributed by atoms with E-state index in [4.69, 9.17) is 18.9 Å². The normalized spacial score (nSPS) is 20.7. The number of hydrogen-bond donors (Lipinski definition) is 2. The zero-order valence-corrected chi connectivity index (χ0v) is 29.4. The molecule has 0 bridgehead atoms. The van der Waals surface area contributed by atoms with E-state index in [1.165, 1.54) is 0 Å². The van der Waals surface area contributed by atoms with Crippen molar-refractivity contribution < 1.29 is 27.4 Å². The number of tetrazole rings is 1. The maximum Gasteiger partial charge on any atom is 0.209 e. The summed E-state index contributed by atoms with van der Waals surface area (Å²) >= 11 is 0. The number of aryl methyl sites for hydroxylation is 1. The Labute approximate surface area is 288 Å². The lowest BCUT2D eigenvalue weighted by molar-refractivity contribution is -0.00706. The Morgan fingerprint density at radius 3 is 2.57 bits per heavy atom. The minimum Gasteiger partial charge on any atom is -0.497 e. The second kappa shape index (κ2) is 15.7. The lowest BCUT2D eigenvalue weighted by Crippen LogP contribution is -2.48. The Kier molecular flexibility index (Phi) is 11.1. The highest BCUT2D eigenvalue weighted by Gasteiger charge is 2.39. The first kappa shape index (κ1) is 34.8. The van der Waals surface area contributed by atoms with Gasteiger partial charge in [-0.1, -0.05) is 48.0 Å². The zero-order chi connectivity index (χ0) is 34.4. The predicted molar refractivity (Wildman–Crippen MR) is 186 cm³/mol. The van der Waals surface area contributed by atoms with Crippen molar-refractivity contribution in [2.75, 3.05) is 52.0 Å². The second-order valence-electron chi connectivity index (χ2n) is 12.9. The Balaban J connectivity index is 1.35. The molecule has 1 saturated heterocycles. The molecule has 4 aromatic rings. The van der Waals surface area contributed by atoms with Crippen LogP contribution in [-0.2, 0) is 19.3 Å². The molecule has 3 aromatic carbocycles. The number of hydrogen-bond acceptors (Lipinski definition) is 11. The van der Waals surface area contributed by atoms with Crippen LogP contribution in [0.15, 0.2) is 71.6 Å². The number of rotatable bonds is 14. The van der Waals surface area contributed by atoms with Crippen LogP contribution in [0.2, 0.25) is 0 Å². The van der Waals surface area contributed by atoms with Crippen molar-refractivity contribution in [1.82, 2.24) is 25.9 Å². The average Bonchev–Trinajstić information content (AvgIpc) is 3.67. The fourth-order valence-electron chi connectivity index (χ4n) is 6.81. The van der Waals surface area contributed by atoms with Crippen LogP contribution >= 0.6 is 0 Å². The van der Waals surface area contributed by atoms with Crippen LogP contribution in [0.3, 0.4) is 0 Å². The summed E-state index contributed by atoms with van der Waals surface area (Å²) < 4.78 is 52.8. The van der Waals surface area contributed by atoms with Gasteiger partial charge >= 0.3 is 0 Å². The highest BCUT2D eigenvalue weighted by molar-refractivity contribution is 7.91. The quantitative estimate of drug-likeness (QED) is 0.174. The molecule has 262 valence electrons. The molecule has 49 heavy (non-hydrogen) atoms. The van der Waals surface area contributed by atoms with Gasteiger partial charge in [0.05, 0.1) is 30.3 Å². The molecule has 0 radical (unpaired) electrons. The fourth-order valence-corrected chi connectivity index (χ4v) is 8.37. The van der Waals surface area contributed by atoms with Gasteiger partial charge in [0.15, 0.2) is 11.3 Å². The van der Waals surface area contributed by atoms with Crippen LogP contribution in [0.5, 0.6) is 11.5 Å². The standard InChI is InChI=1S/C36H46N6O6S/c1-24-6-13-30(14-7-24)49(43,44)36(27-10-15-33-32(21-27)42(17-19-47-33)16-5-18-45-3)48-34-23-37-28(20-25(2)35-38-40-41-39-35)22-31(34)26-8-11-29(46-4)12-9-26/h6-15,21,25,28,31,34,36-37H,5,16-20,22-23H2,1-4H3,(H,38,39,40,41)/t25-,28-,31+,34-,36?/m0/s1. The number of nitrogens with zero attached hydrogens (tertiary/aromatic N) is 4. The number of aromatic nitrogens is 4. The number of benzene rings is 3. The smallest absolute Gasteiger partial charge is 0.209 e. The van der Waals surface area contributed by atoms with Crippen molar-refractivity contribution in [3.05, 3.63) is 89.2 Å².